The number of aryl methyl sites for hydroxylation is 1. The summed E-state index contributed by atoms with van der Waals surface area (Å²) in [5, 5.41) is 2.32. The third-order valence-electron chi connectivity index (χ3n) is 7.55. The van der Waals surface area contributed by atoms with Gasteiger partial charge in [-0.05, 0) is 53.1 Å². The molecule has 7 heteroatoms. The zero-order chi connectivity index (χ0) is 26.9. The molecule has 1 aliphatic rings. The van der Waals surface area contributed by atoms with Crippen LogP contribution in [0.2, 0.25) is 0 Å². The van der Waals surface area contributed by atoms with E-state index in [-0.39, 0.29) is 18.6 Å². The molecule has 5 aromatic rings. The Morgan fingerprint density at radius 2 is 1.74 bits per heavy atom. The van der Waals surface area contributed by atoms with Gasteiger partial charge < -0.3 is 23.5 Å². The minimum atomic E-state index is -0.357. The minimum absolute atomic E-state index is 0.0544. The van der Waals surface area contributed by atoms with Crippen molar-refractivity contribution in [3.63, 3.8) is 0 Å². The van der Waals surface area contributed by atoms with Crippen molar-refractivity contribution >= 4 is 22.3 Å². The fourth-order valence-electron chi connectivity index (χ4n) is 5.71. The summed E-state index contributed by atoms with van der Waals surface area (Å²) in [6.07, 6.45) is 3.48. The number of carbonyl (C=O) groups is 1. The fraction of sp³-hybridized carbons (Fsp3) is 0.250. The molecule has 39 heavy (non-hydrogen) atoms. The van der Waals surface area contributed by atoms with Crippen LogP contribution >= 0.6 is 0 Å². The molecule has 0 saturated carbocycles. The van der Waals surface area contributed by atoms with Gasteiger partial charge >= 0.3 is 0 Å². The Balaban J connectivity index is 1.37. The highest BCUT2D eigenvalue weighted by Crippen LogP contribution is 2.39. The lowest BCUT2D eigenvalue weighted by molar-refractivity contribution is -0.135. The second-order valence-corrected chi connectivity index (χ2v) is 9.63. The van der Waals surface area contributed by atoms with Gasteiger partial charge in [-0.3, -0.25) is 4.79 Å². The number of aromatic nitrogens is 2. The second-order valence-electron chi connectivity index (χ2n) is 9.63. The SMILES string of the molecule is CCc1c(OCC(=O)N2CCc3nc4ccccn4c3C2c2ccc(OC)c(OC)c2)ccc2ccccc12. The first kappa shape index (κ1) is 24.8. The van der Waals surface area contributed by atoms with Gasteiger partial charge in [0.05, 0.1) is 31.6 Å². The van der Waals surface area contributed by atoms with Gasteiger partial charge in [0.1, 0.15) is 11.4 Å². The summed E-state index contributed by atoms with van der Waals surface area (Å²) < 4.78 is 19.4. The topological polar surface area (TPSA) is 65.3 Å². The second kappa shape index (κ2) is 10.3. The van der Waals surface area contributed by atoms with Crippen molar-refractivity contribution in [3.05, 3.63) is 102 Å². The molecule has 0 fully saturated rings. The average molecular weight is 522 g/mol. The molecule has 7 nitrogen and oxygen atoms in total. The summed E-state index contributed by atoms with van der Waals surface area (Å²) in [6, 6.07) is 23.7. The van der Waals surface area contributed by atoms with Crippen molar-refractivity contribution in [1.29, 1.82) is 0 Å². The lowest BCUT2D eigenvalue weighted by atomic mass is 9.95. The van der Waals surface area contributed by atoms with Gasteiger partial charge in [-0.15, -0.1) is 0 Å². The highest BCUT2D eigenvalue weighted by Gasteiger charge is 2.36. The molecule has 0 N–H and O–H groups in total. The van der Waals surface area contributed by atoms with Crippen LogP contribution in [0.5, 0.6) is 17.2 Å². The van der Waals surface area contributed by atoms with Gasteiger partial charge in [0.2, 0.25) is 0 Å². The highest BCUT2D eigenvalue weighted by molar-refractivity contribution is 5.88. The van der Waals surface area contributed by atoms with E-state index in [9.17, 15) is 4.79 Å². The van der Waals surface area contributed by atoms with E-state index >= 15 is 0 Å². The van der Waals surface area contributed by atoms with E-state index in [0.717, 1.165) is 51.1 Å². The summed E-state index contributed by atoms with van der Waals surface area (Å²) in [7, 11) is 3.24. The maximum absolute atomic E-state index is 13.9. The molecule has 6 rings (SSSR count). The molecule has 3 heterocycles. The molecule has 0 saturated heterocycles. The Kier molecular flexibility index (Phi) is 6.57. The molecule has 1 aliphatic heterocycles. The zero-order valence-electron chi connectivity index (χ0n) is 22.4. The lowest BCUT2D eigenvalue weighted by Gasteiger charge is -2.36. The van der Waals surface area contributed by atoms with Crippen LogP contribution in [-0.4, -0.2) is 47.6 Å². The lowest BCUT2D eigenvalue weighted by Crippen LogP contribution is -2.43. The predicted octanol–water partition coefficient (Wildman–Crippen LogP) is 5.62. The average Bonchev–Trinajstić information content (AvgIpc) is 3.37. The maximum atomic E-state index is 13.9. The minimum Gasteiger partial charge on any atom is -0.493 e. The van der Waals surface area contributed by atoms with Crippen LogP contribution < -0.4 is 14.2 Å². The molecule has 0 radical (unpaired) electrons. The number of rotatable bonds is 7. The van der Waals surface area contributed by atoms with Crippen molar-refractivity contribution in [1.82, 2.24) is 14.3 Å². The number of ether oxygens (including phenoxy) is 3. The van der Waals surface area contributed by atoms with Gasteiger partial charge in [-0.2, -0.15) is 0 Å². The van der Waals surface area contributed by atoms with Crippen LogP contribution in [0, 0.1) is 0 Å². The quantitative estimate of drug-likeness (QED) is 0.278. The number of amides is 1. The smallest absolute Gasteiger partial charge is 0.261 e. The van der Waals surface area contributed by atoms with Crippen LogP contribution in [0.4, 0.5) is 0 Å². The first-order valence-electron chi connectivity index (χ1n) is 13.2. The van der Waals surface area contributed by atoms with Crippen molar-refractivity contribution in [2.75, 3.05) is 27.4 Å². The van der Waals surface area contributed by atoms with Crippen LogP contribution in [0.25, 0.3) is 16.4 Å². The maximum Gasteiger partial charge on any atom is 0.261 e. The Hall–Kier alpha value is -4.52. The van der Waals surface area contributed by atoms with Gasteiger partial charge in [-0.25, -0.2) is 4.98 Å². The molecule has 1 amide bonds. The standard InChI is InChI=1S/C32H31N3O4/c1-4-23-24-10-6-5-9-21(24)12-14-26(23)39-20-30(36)35-18-16-25-32(34-17-8-7-11-29(34)33-25)31(35)22-13-15-27(37-2)28(19-22)38-3/h5-15,17,19,31H,4,16,18,20H2,1-3H3. The molecule has 1 unspecified atom stereocenters. The van der Waals surface area contributed by atoms with E-state index in [1.54, 1.807) is 14.2 Å². The number of nitrogens with zero attached hydrogens (tertiary/aromatic N) is 3. The van der Waals surface area contributed by atoms with Crippen molar-refractivity contribution in [3.8, 4) is 17.2 Å². The number of pyridine rings is 1. The van der Waals surface area contributed by atoms with Crippen LogP contribution in [0.15, 0.2) is 79.0 Å². The van der Waals surface area contributed by atoms with Crippen molar-refractivity contribution in [2.24, 2.45) is 0 Å². The number of hydrogen-bond acceptors (Lipinski definition) is 5. The molecule has 1 atom stereocenters. The van der Waals surface area contributed by atoms with Crippen molar-refractivity contribution in [2.45, 2.75) is 25.8 Å². The van der Waals surface area contributed by atoms with Gasteiger partial charge in [0.25, 0.3) is 5.91 Å². The van der Waals surface area contributed by atoms with Gasteiger partial charge in [0, 0.05) is 24.7 Å². The van der Waals surface area contributed by atoms with Crippen LogP contribution in [0.1, 0.15) is 35.5 Å². The molecular formula is C32H31N3O4. The van der Waals surface area contributed by atoms with Crippen LogP contribution in [-0.2, 0) is 17.6 Å². The Bertz CT molecular complexity index is 1680. The summed E-state index contributed by atoms with van der Waals surface area (Å²) in [5.41, 5.74) is 4.88. The van der Waals surface area contributed by atoms with Crippen molar-refractivity contribution < 1.29 is 19.0 Å². The van der Waals surface area contributed by atoms with E-state index in [4.69, 9.17) is 19.2 Å². The molecule has 0 bridgehead atoms. The first-order valence-corrected chi connectivity index (χ1v) is 13.2. The Morgan fingerprint density at radius 3 is 2.56 bits per heavy atom. The number of benzene rings is 3. The third-order valence-corrected chi connectivity index (χ3v) is 7.55. The number of fused-ring (bicyclic) bond motifs is 4. The number of methoxy groups -OCH3 is 2. The van der Waals surface area contributed by atoms with E-state index in [1.807, 2.05) is 71.8 Å². The molecule has 198 valence electrons. The summed E-state index contributed by atoms with van der Waals surface area (Å²) in [6.45, 7) is 2.60. The Morgan fingerprint density at radius 1 is 0.949 bits per heavy atom. The monoisotopic (exact) mass is 521 g/mol. The largest absolute Gasteiger partial charge is 0.493 e. The first-order chi connectivity index (χ1) is 19.1. The Labute approximate surface area is 227 Å². The van der Waals surface area contributed by atoms with Crippen LogP contribution in [0.3, 0.4) is 0 Å². The normalized spacial score (nSPS) is 14.8. The predicted molar refractivity (Wildman–Crippen MR) is 151 cm³/mol. The fourth-order valence-corrected chi connectivity index (χ4v) is 5.71. The molecular weight excluding hydrogens is 490 g/mol. The van der Waals surface area contributed by atoms with E-state index in [0.29, 0.717) is 24.5 Å². The molecule has 3 aromatic carbocycles. The number of carbonyl (C=O) groups excluding carboxylic acids is 1. The number of imidazole rings is 1. The zero-order valence-corrected chi connectivity index (χ0v) is 22.4. The molecule has 2 aromatic heterocycles. The highest BCUT2D eigenvalue weighted by atomic mass is 16.5. The van der Waals surface area contributed by atoms with Gasteiger partial charge in [0.15, 0.2) is 18.1 Å². The van der Waals surface area contributed by atoms with E-state index in [1.165, 1.54) is 0 Å². The van der Waals surface area contributed by atoms with Gasteiger partial charge in [-0.1, -0.05) is 49.4 Å². The summed E-state index contributed by atoms with van der Waals surface area (Å²) in [5.74, 6) is 1.92. The molecule has 0 aliphatic carbocycles. The van der Waals surface area contributed by atoms with E-state index in [2.05, 4.69) is 23.5 Å². The molecule has 0 spiro atoms. The summed E-state index contributed by atoms with van der Waals surface area (Å²) >= 11 is 0. The number of hydrogen-bond donors (Lipinski definition) is 0. The third kappa shape index (κ3) is 4.34. The summed E-state index contributed by atoms with van der Waals surface area (Å²) in [4.78, 5) is 20.7. The van der Waals surface area contributed by atoms with E-state index < -0.39 is 0 Å².